The van der Waals surface area contributed by atoms with E-state index in [1.165, 1.54) is 0 Å². The molecule has 2 aromatic rings. The summed E-state index contributed by atoms with van der Waals surface area (Å²) in [6, 6.07) is 8.92. The fourth-order valence-corrected chi connectivity index (χ4v) is 2.68. The van der Waals surface area contributed by atoms with Crippen LogP contribution in [0.25, 0.3) is 0 Å². The van der Waals surface area contributed by atoms with Crippen LogP contribution in [0.5, 0.6) is 0 Å². The third-order valence-electron chi connectivity index (χ3n) is 2.95. The molecule has 1 nitrogen and oxygen atoms in total. The summed E-state index contributed by atoms with van der Waals surface area (Å²) in [5, 5.41) is 0.152. The molecule has 0 bridgehead atoms. The van der Waals surface area contributed by atoms with Gasteiger partial charge in [0, 0.05) is 22.8 Å². The maximum Gasteiger partial charge on any atom is 0.146 e. The molecule has 0 fully saturated rings. The van der Waals surface area contributed by atoms with Crippen molar-refractivity contribution in [3.8, 4) is 0 Å². The van der Waals surface area contributed by atoms with Crippen LogP contribution in [0.2, 0.25) is 5.02 Å². The molecule has 0 spiro atoms. The fraction of sp³-hybridized carbons (Fsp3) is 0.214. The van der Waals surface area contributed by atoms with Gasteiger partial charge in [0.1, 0.15) is 5.82 Å². The maximum absolute atomic E-state index is 14.0. The first-order valence-electron chi connectivity index (χ1n) is 5.59. The second kappa shape index (κ2) is 5.81. The van der Waals surface area contributed by atoms with Crippen LogP contribution in [0.1, 0.15) is 28.8 Å². The smallest absolute Gasteiger partial charge is 0.146 e. The number of rotatable bonds is 3. The average molecular weight is 329 g/mol. The first-order valence-corrected chi connectivity index (χ1v) is 6.88. The SMILES string of the molecule is CC(c1ccncc1)C(Br)c1cccc(Cl)c1F. The molecule has 2 atom stereocenters. The van der Waals surface area contributed by atoms with Crippen LogP contribution in [0.4, 0.5) is 4.39 Å². The molecule has 4 heteroatoms. The second-order valence-corrected chi connectivity index (χ2v) is 5.51. The van der Waals surface area contributed by atoms with Crippen molar-refractivity contribution in [2.24, 2.45) is 0 Å². The molecule has 0 N–H and O–H groups in total. The average Bonchev–Trinajstić information content (AvgIpc) is 2.41. The molecule has 18 heavy (non-hydrogen) atoms. The third kappa shape index (κ3) is 2.73. The van der Waals surface area contributed by atoms with Crippen molar-refractivity contribution < 1.29 is 4.39 Å². The van der Waals surface area contributed by atoms with Crippen molar-refractivity contribution in [3.63, 3.8) is 0 Å². The number of benzene rings is 1. The lowest BCUT2D eigenvalue weighted by Crippen LogP contribution is -2.04. The van der Waals surface area contributed by atoms with Gasteiger partial charge in [0.15, 0.2) is 0 Å². The number of hydrogen-bond donors (Lipinski definition) is 0. The number of hydrogen-bond acceptors (Lipinski definition) is 1. The van der Waals surface area contributed by atoms with E-state index in [4.69, 9.17) is 11.6 Å². The Morgan fingerprint density at radius 3 is 2.56 bits per heavy atom. The van der Waals surface area contributed by atoms with Gasteiger partial charge in [-0.15, -0.1) is 0 Å². The fourth-order valence-electron chi connectivity index (χ4n) is 1.84. The van der Waals surface area contributed by atoms with E-state index in [0.29, 0.717) is 5.56 Å². The van der Waals surface area contributed by atoms with Gasteiger partial charge in [-0.05, 0) is 29.7 Å². The Hall–Kier alpha value is -0.930. The second-order valence-electron chi connectivity index (χ2n) is 4.11. The summed E-state index contributed by atoms with van der Waals surface area (Å²) in [5.41, 5.74) is 1.68. The van der Waals surface area contributed by atoms with Crippen LogP contribution in [0.15, 0.2) is 42.7 Å². The number of halogens is 3. The predicted molar refractivity (Wildman–Crippen MR) is 75.7 cm³/mol. The van der Waals surface area contributed by atoms with Gasteiger partial charge in [-0.2, -0.15) is 0 Å². The minimum atomic E-state index is -0.359. The standard InChI is InChI=1S/C14H12BrClFN/c1-9(10-5-7-18-8-6-10)13(15)11-3-2-4-12(16)14(11)17/h2-9,13H,1H3. The maximum atomic E-state index is 14.0. The molecule has 1 heterocycles. The molecule has 2 rings (SSSR count). The van der Waals surface area contributed by atoms with Gasteiger partial charge >= 0.3 is 0 Å². The van der Waals surface area contributed by atoms with Crippen LogP contribution >= 0.6 is 27.5 Å². The number of alkyl halides is 1. The first-order chi connectivity index (χ1) is 8.61. The Morgan fingerprint density at radius 2 is 1.89 bits per heavy atom. The Balaban J connectivity index is 2.31. The Kier molecular flexibility index (Phi) is 4.36. The summed E-state index contributed by atoms with van der Waals surface area (Å²) in [4.78, 5) is 3.85. The molecule has 94 valence electrons. The van der Waals surface area contributed by atoms with Gasteiger partial charge in [0.2, 0.25) is 0 Å². The highest BCUT2D eigenvalue weighted by molar-refractivity contribution is 9.09. The van der Waals surface area contributed by atoms with E-state index in [-0.39, 0.29) is 21.6 Å². The Bertz CT molecular complexity index is 533. The molecule has 0 saturated heterocycles. The van der Waals surface area contributed by atoms with Crippen LogP contribution in [0, 0.1) is 5.82 Å². The molecule has 0 aliphatic rings. The van der Waals surface area contributed by atoms with Gasteiger partial charge in [-0.1, -0.05) is 46.6 Å². The molecule has 0 radical (unpaired) electrons. The zero-order chi connectivity index (χ0) is 13.1. The van der Waals surface area contributed by atoms with E-state index in [1.807, 2.05) is 19.1 Å². The lowest BCUT2D eigenvalue weighted by atomic mass is 9.94. The highest BCUT2D eigenvalue weighted by Crippen LogP contribution is 2.39. The normalized spacial score (nSPS) is 14.2. The molecule has 0 amide bonds. The summed E-state index contributed by atoms with van der Waals surface area (Å²) in [6.45, 7) is 2.04. The molecule has 0 aliphatic carbocycles. The van der Waals surface area contributed by atoms with Crippen molar-refractivity contribution in [2.75, 3.05) is 0 Å². The summed E-state index contributed by atoms with van der Waals surface area (Å²) in [6.07, 6.45) is 3.47. The Labute approximate surface area is 119 Å². The van der Waals surface area contributed by atoms with Crippen LogP contribution in [0.3, 0.4) is 0 Å². The van der Waals surface area contributed by atoms with Gasteiger partial charge < -0.3 is 0 Å². The molecular weight excluding hydrogens is 317 g/mol. The topological polar surface area (TPSA) is 12.9 Å². The quantitative estimate of drug-likeness (QED) is 0.713. The lowest BCUT2D eigenvalue weighted by molar-refractivity contribution is 0.596. The summed E-state index contributed by atoms with van der Waals surface area (Å²) < 4.78 is 14.0. The number of pyridine rings is 1. The minimum Gasteiger partial charge on any atom is -0.265 e. The van der Waals surface area contributed by atoms with Gasteiger partial charge in [-0.3, -0.25) is 4.98 Å². The highest BCUT2D eigenvalue weighted by Gasteiger charge is 2.21. The number of nitrogens with zero attached hydrogens (tertiary/aromatic N) is 1. The van der Waals surface area contributed by atoms with E-state index in [2.05, 4.69) is 20.9 Å². The van der Waals surface area contributed by atoms with E-state index in [9.17, 15) is 4.39 Å². The lowest BCUT2D eigenvalue weighted by Gasteiger charge is -2.19. The van der Waals surface area contributed by atoms with Crippen molar-refractivity contribution in [1.82, 2.24) is 4.98 Å². The van der Waals surface area contributed by atoms with E-state index < -0.39 is 0 Å². The van der Waals surface area contributed by atoms with Gasteiger partial charge in [0.05, 0.1) is 5.02 Å². The predicted octanol–water partition coefficient (Wildman–Crippen LogP) is 5.11. The minimum absolute atomic E-state index is 0.126. The zero-order valence-corrected chi connectivity index (χ0v) is 12.1. The van der Waals surface area contributed by atoms with E-state index in [0.717, 1.165) is 5.56 Å². The van der Waals surface area contributed by atoms with Gasteiger partial charge in [-0.25, -0.2) is 4.39 Å². The first kappa shape index (κ1) is 13.5. The third-order valence-corrected chi connectivity index (χ3v) is 4.53. The van der Waals surface area contributed by atoms with Crippen LogP contribution < -0.4 is 0 Å². The number of aromatic nitrogens is 1. The van der Waals surface area contributed by atoms with E-state index >= 15 is 0 Å². The van der Waals surface area contributed by atoms with Gasteiger partial charge in [0.25, 0.3) is 0 Å². The monoisotopic (exact) mass is 327 g/mol. The molecule has 2 unspecified atom stereocenters. The van der Waals surface area contributed by atoms with Crippen molar-refractivity contribution in [2.45, 2.75) is 17.7 Å². The van der Waals surface area contributed by atoms with Crippen molar-refractivity contribution in [1.29, 1.82) is 0 Å². The molecular formula is C14H12BrClFN. The Morgan fingerprint density at radius 1 is 1.22 bits per heavy atom. The highest BCUT2D eigenvalue weighted by atomic mass is 79.9. The summed E-state index contributed by atoms with van der Waals surface area (Å²) in [7, 11) is 0. The van der Waals surface area contributed by atoms with E-state index in [1.54, 1.807) is 30.6 Å². The summed E-state index contributed by atoms with van der Waals surface area (Å²) in [5.74, 6) is -0.233. The molecule has 0 aliphatic heterocycles. The zero-order valence-electron chi connectivity index (χ0n) is 9.78. The van der Waals surface area contributed by atoms with Crippen molar-refractivity contribution in [3.05, 3.63) is 64.7 Å². The molecule has 1 aromatic carbocycles. The summed E-state index contributed by atoms with van der Waals surface area (Å²) >= 11 is 9.36. The van der Waals surface area contributed by atoms with Crippen LogP contribution in [-0.2, 0) is 0 Å². The largest absolute Gasteiger partial charge is 0.265 e. The molecule has 1 aromatic heterocycles. The molecule has 0 saturated carbocycles. The van der Waals surface area contributed by atoms with Crippen LogP contribution in [-0.4, -0.2) is 4.98 Å². The van der Waals surface area contributed by atoms with Crippen molar-refractivity contribution >= 4 is 27.5 Å².